The third kappa shape index (κ3) is 2.71. The lowest BCUT2D eigenvalue weighted by molar-refractivity contribution is -0.144. The van der Waals surface area contributed by atoms with Gasteiger partial charge in [0.2, 0.25) is 0 Å². The Balaban J connectivity index is 2.22. The van der Waals surface area contributed by atoms with Gasteiger partial charge in [-0.1, -0.05) is 11.6 Å². The third-order valence-electron chi connectivity index (χ3n) is 3.45. The molecular formula is C13H15ClN2O3. The molecule has 1 atom stereocenters. The Hall–Kier alpha value is -1.62. The summed E-state index contributed by atoms with van der Waals surface area (Å²) in [7, 11) is 0. The highest BCUT2D eigenvalue weighted by Gasteiger charge is 2.48. The molecule has 6 heteroatoms. The molecule has 1 aromatic rings. The number of amides is 1. The Morgan fingerprint density at radius 2 is 2.16 bits per heavy atom. The number of hydrogen-bond donors (Lipinski definition) is 2. The Bertz CT molecular complexity index is 543. The second-order valence-corrected chi connectivity index (χ2v) is 5.45. The molecule has 1 aliphatic rings. The maximum absolute atomic E-state index is 12.1. The number of carbonyl (C=O) groups is 2. The van der Waals surface area contributed by atoms with Crippen molar-refractivity contribution < 1.29 is 14.7 Å². The van der Waals surface area contributed by atoms with Gasteiger partial charge in [0, 0.05) is 11.9 Å². The maximum atomic E-state index is 12.1. The minimum Gasteiger partial charge on any atom is -0.480 e. The lowest BCUT2D eigenvalue weighted by Gasteiger charge is -2.26. The first-order valence-electron chi connectivity index (χ1n) is 6.02. The van der Waals surface area contributed by atoms with E-state index in [4.69, 9.17) is 11.6 Å². The minimum absolute atomic E-state index is 0.0221. The predicted molar refractivity (Wildman–Crippen MR) is 70.2 cm³/mol. The number of pyridine rings is 1. The van der Waals surface area contributed by atoms with Crippen LogP contribution in [0.25, 0.3) is 0 Å². The van der Waals surface area contributed by atoms with Crippen molar-refractivity contribution in [1.82, 2.24) is 10.3 Å². The highest BCUT2D eigenvalue weighted by atomic mass is 35.5. The van der Waals surface area contributed by atoms with Crippen LogP contribution >= 0.6 is 11.6 Å². The summed E-state index contributed by atoms with van der Waals surface area (Å²) in [4.78, 5) is 27.5. The van der Waals surface area contributed by atoms with Crippen molar-refractivity contribution in [3.63, 3.8) is 0 Å². The molecule has 0 saturated heterocycles. The Morgan fingerprint density at radius 3 is 2.63 bits per heavy atom. The van der Waals surface area contributed by atoms with Crippen molar-refractivity contribution >= 4 is 23.5 Å². The van der Waals surface area contributed by atoms with E-state index in [0.717, 1.165) is 12.8 Å². The van der Waals surface area contributed by atoms with Gasteiger partial charge in [0.25, 0.3) is 5.91 Å². The van der Waals surface area contributed by atoms with E-state index in [0.29, 0.717) is 5.69 Å². The molecule has 0 spiro atoms. The predicted octanol–water partition coefficient (Wildman–Crippen LogP) is 2.03. The number of carboxylic acids is 1. The number of aromatic nitrogens is 1. The van der Waals surface area contributed by atoms with E-state index in [-0.39, 0.29) is 16.5 Å². The van der Waals surface area contributed by atoms with E-state index in [9.17, 15) is 14.7 Å². The number of carbonyl (C=O) groups excluding carboxylic acids is 1. The molecule has 1 saturated carbocycles. The normalized spacial score (nSPS) is 17.6. The molecular weight excluding hydrogens is 268 g/mol. The number of aliphatic carboxylic acids is 1. The molecule has 5 nitrogen and oxygen atoms in total. The van der Waals surface area contributed by atoms with Gasteiger partial charge in [0.1, 0.15) is 5.54 Å². The van der Waals surface area contributed by atoms with Gasteiger partial charge in [-0.25, -0.2) is 4.79 Å². The number of hydrogen-bond acceptors (Lipinski definition) is 3. The van der Waals surface area contributed by atoms with Crippen LogP contribution in [0.5, 0.6) is 0 Å². The highest BCUT2D eigenvalue weighted by molar-refractivity contribution is 6.33. The first-order valence-corrected chi connectivity index (χ1v) is 6.40. The van der Waals surface area contributed by atoms with Gasteiger partial charge in [0.15, 0.2) is 0 Å². The molecule has 1 aromatic heterocycles. The van der Waals surface area contributed by atoms with Crippen LogP contribution in [0, 0.1) is 12.8 Å². The fraction of sp³-hybridized carbons (Fsp3) is 0.462. The Kier molecular flexibility index (Phi) is 3.49. The number of nitrogens with one attached hydrogen (secondary N) is 1. The quantitative estimate of drug-likeness (QED) is 0.885. The van der Waals surface area contributed by atoms with Gasteiger partial charge in [-0.3, -0.25) is 9.78 Å². The molecule has 1 aliphatic carbocycles. The first-order chi connectivity index (χ1) is 8.84. The molecule has 0 aromatic carbocycles. The topological polar surface area (TPSA) is 79.3 Å². The summed E-state index contributed by atoms with van der Waals surface area (Å²) in [5, 5.41) is 12.1. The minimum atomic E-state index is -1.24. The van der Waals surface area contributed by atoms with Crippen molar-refractivity contribution in [3.05, 3.63) is 28.5 Å². The first kappa shape index (κ1) is 13.8. The van der Waals surface area contributed by atoms with E-state index >= 15 is 0 Å². The zero-order valence-electron chi connectivity index (χ0n) is 10.7. The molecule has 0 bridgehead atoms. The number of carboxylic acid groups (broad SMARTS) is 1. The number of rotatable bonds is 4. The maximum Gasteiger partial charge on any atom is 0.329 e. The second kappa shape index (κ2) is 4.81. The van der Waals surface area contributed by atoms with E-state index in [1.807, 2.05) is 0 Å². The lowest BCUT2D eigenvalue weighted by atomic mass is 9.95. The molecule has 0 radical (unpaired) electrons. The van der Waals surface area contributed by atoms with Gasteiger partial charge in [-0.05, 0) is 38.7 Å². The molecule has 0 aliphatic heterocycles. The summed E-state index contributed by atoms with van der Waals surface area (Å²) >= 11 is 5.98. The zero-order valence-corrected chi connectivity index (χ0v) is 11.5. The van der Waals surface area contributed by atoms with Crippen molar-refractivity contribution in [2.24, 2.45) is 5.92 Å². The van der Waals surface area contributed by atoms with Gasteiger partial charge >= 0.3 is 5.97 Å². The summed E-state index contributed by atoms with van der Waals surface area (Å²) in [6, 6.07) is 1.58. The Labute approximate surface area is 116 Å². The number of aryl methyl sites for hydroxylation is 1. The fourth-order valence-corrected chi connectivity index (χ4v) is 2.28. The van der Waals surface area contributed by atoms with Gasteiger partial charge < -0.3 is 10.4 Å². The average Bonchev–Trinajstić information content (AvgIpc) is 3.11. The summed E-state index contributed by atoms with van der Waals surface area (Å²) in [6.07, 6.45) is 2.98. The monoisotopic (exact) mass is 282 g/mol. The lowest BCUT2D eigenvalue weighted by Crippen LogP contribution is -2.54. The molecule has 2 N–H and O–H groups in total. The zero-order chi connectivity index (χ0) is 14.2. The van der Waals surface area contributed by atoms with E-state index in [1.165, 1.54) is 13.1 Å². The molecule has 1 unspecified atom stereocenters. The number of nitrogens with zero attached hydrogens (tertiary/aromatic N) is 1. The van der Waals surface area contributed by atoms with Crippen molar-refractivity contribution in [2.75, 3.05) is 0 Å². The molecule has 1 fully saturated rings. The standard InChI is InChI=1S/C13H15ClN2O3/c1-7-5-10(14)9(6-15-7)11(17)16-13(2,12(18)19)8-3-4-8/h5-6,8H,3-4H2,1-2H3,(H,16,17)(H,18,19). The fourth-order valence-electron chi connectivity index (χ4n) is 1.99. The largest absolute Gasteiger partial charge is 0.480 e. The smallest absolute Gasteiger partial charge is 0.329 e. The van der Waals surface area contributed by atoms with Crippen LogP contribution in [-0.4, -0.2) is 27.5 Å². The van der Waals surface area contributed by atoms with Crippen molar-refractivity contribution in [1.29, 1.82) is 0 Å². The number of halogens is 1. The van der Waals surface area contributed by atoms with Crippen LogP contribution in [-0.2, 0) is 4.79 Å². The Morgan fingerprint density at radius 1 is 1.53 bits per heavy atom. The van der Waals surface area contributed by atoms with Gasteiger partial charge in [0.05, 0.1) is 10.6 Å². The van der Waals surface area contributed by atoms with Crippen LogP contribution in [0.15, 0.2) is 12.3 Å². The van der Waals surface area contributed by atoms with Crippen molar-refractivity contribution in [3.8, 4) is 0 Å². The van der Waals surface area contributed by atoms with E-state index in [1.54, 1.807) is 13.0 Å². The molecule has 102 valence electrons. The molecule has 1 amide bonds. The third-order valence-corrected chi connectivity index (χ3v) is 3.76. The summed E-state index contributed by atoms with van der Waals surface area (Å²) in [6.45, 7) is 3.29. The second-order valence-electron chi connectivity index (χ2n) is 5.04. The van der Waals surface area contributed by atoms with Crippen molar-refractivity contribution in [2.45, 2.75) is 32.2 Å². The molecule has 2 rings (SSSR count). The molecule has 19 heavy (non-hydrogen) atoms. The van der Waals surface area contributed by atoms with Crippen LogP contribution in [0.3, 0.4) is 0 Å². The van der Waals surface area contributed by atoms with Gasteiger partial charge in [-0.15, -0.1) is 0 Å². The van der Waals surface area contributed by atoms with Gasteiger partial charge in [-0.2, -0.15) is 0 Å². The van der Waals surface area contributed by atoms with Crippen LogP contribution in [0.2, 0.25) is 5.02 Å². The van der Waals surface area contributed by atoms with E-state index < -0.39 is 17.4 Å². The van der Waals surface area contributed by atoms with E-state index in [2.05, 4.69) is 10.3 Å². The van der Waals surface area contributed by atoms with Crippen LogP contribution in [0.4, 0.5) is 0 Å². The van der Waals surface area contributed by atoms with Crippen LogP contribution in [0.1, 0.15) is 35.8 Å². The van der Waals surface area contributed by atoms with Crippen LogP contribution < -0.4 is 5.32 Å². The summed E-state index contributed by atoms with van der Waals surface area (Å²) in [5.74, 6) is -1.56. The average molecular weight is 283 g/mol. The summed E-state index contributed by atoms with van der Waals surface area (Å²) < 4.78 is 0. The molecule has 1 heterocycles. The highest BCUT2D eigenvalue weighted by Crippen LogP contribution is 2.40. The SMILES string of the molecule is Cc1cc(Cl)c(C(=O)NC(C)(C(=O)O)C2CC2)cn1. The summed E-state index contributed by atoms with van der Waals surface area (Å²) in [5.41, 5.74) is -0.351.